The van der Waals surface area contributed by atoms with Gasteiger partial charge in [-0.15, -0.1) is 196 Å². The summed E-state index contributed by atoms with van der Waals surface area (Å²) in [5, 5.41) is 30.3. The zero-order valence-corrected chi connectivity index (χ0v) is 83.9. The first-order valence-corrected chi connectivity index (χ1v) is 95.1. The lowest BCUT2D eigenvalue weighted by Crippen LogP contribution is -2.30. The Balaban J connectivity index is 0.00000131. The van der Waals surface area contributed by atoms with E-state index in [0.717, 1.165) is 42.2 Å². The number of aromatic amines is 1. The second kappa shape index (κ2) is 49.2. The van der Waals surface area contributed by atoms with Crippen molar-refractivity contribution in [1.82, 2.24) is 10.2 Å². The fourth-order valence-electron chi connectivity index (χ4n) is 4.63. The summed E-state index contributed by atoms with van der Waals surface area (Å²) in [6, 6.07) is 5.32. The van der Waals surface area contributed by atoms with Crippen LogP contribution in [0.4, 0.5) is 17.6 Å². The first-order valence-electron chi connectivity index (χ1n) is 18.5. The SMILES string of the molecule is Brc1ccn[nH]1.COc1c(F)cc(B(O)O)cc1F.N=CC=C(N)c1cc(F)c(C=O)c(F)c1.PP(P)P(P(P)P)P(P(P)P)P(P(P(P(P)P)P(P)P)P(P(P)P)P(P)P)P(P(P(P)P)P(P)P)P(P(P)P)P(P)P. The van der Waals surface area contributed by atoms with Crippen molar-refractivity contribution >= 4 is 383 Å². The van der Waals surface area contributed by atoms with E-state index in [1.54, 1.807) is 6.20 Å². The number of hydrogen-bond donors (Lipinski definition) is 5. The van der Waals surface area contributed by atoms with Crippen molar-refractivity contribution in [3.8, 4) is 5.75 Å². The second-order valence-electron chi connectivity index (χ2n) is 12.7. The number of nitrogens with one attached hydrogen (secondary N) is 2. The number of aromatic nitrogens is 2. The van der Waals surface area contributed by atoms with Crippen LogP contribution in [0.5, 0.6) is 5.75 Å². The van der Waals surface area contributed by atoms with E-state index in [0.29, 0.717) is 0 Å². The Kier molecular flexibility index (Phi) is 58.6. The lowest BCUT2D eigenvalue weighted by molar-refractivity contribution is 0.111. The Bertz CT molecular complexity index is 2030. The van der Waals surface area contributed by atoms with Gasteiger partial charge in [-0.05, 0) is 198 Å². The van der Waals surface area contributed by atoms with Gasteiger partial charge in [0.1, 0.15) is 16.2 Å². The van der Waals surface area contributed by atoms with Gasteiger partial charge in [-0.1, -0.05) is 0 Å². The fraction of sp³-hybridized carbons (Fsp3) is 0.0500. The molecule has 0 aliphatic heterocycles. The summed E-state index contributed by atoms with van der Waals surface area (Å²) in [4.78, 5) is 10.3. The summed E-state index contributed by atoms with van der Waals surface area (Å²) < 4.78 is 57.3. The number of methoxy groups -OCH3 is 1. The van der Waals surface area contributed by atoms with Gasteiger partial charge in [-0.25, -0.2) is 17.6 Å². The molecule has 8 nitrogen and oxygen atoms in total. The van der Waals surface area contributed by atoms with E-state index in [4.69, 9.17) is 21.2 Å². The Morgan fingerprint density at radius 2 is 0.882 bits per heavy atom. The third kappa shape index (κ3) is 32.5. The molecule has 434 valence electrons. The predicted molar refractivity (Wildman–Crippen MR) is 474 cm³/mol. The first-order chi connectivity index (χ1) is 35.1. The smallest absolute Gasteiger partial charge is 0.488 e. The molecule has 0 spiro atoms. The standard InChI is InChI=1S/C10H8F2N2O.C7H7BF2O3.C3H3BrN2.H44P42/c11-8-3-6(10(14)1-2-13)4-9(12)7(8)5-15;1-13-7-5(9)2-4(8(11)12)3-6(7)10;4-3-1-2-5-6-3;1-23(2)34(24(3)4)39(33(21)22)42(40(35(25(5)6)26(7)8)36(27(9)10)28(11)12)41(37(29(13)14)30(15)16)38(31(17)18)32(19)20/h1-5,13H,14H2;2-3,11-12H,1H3;1-2H,(H,5,6);1-22H2. The van der Waals surface area contributed by atoms with Gasteiger partial charge < -0.3 is 25.9 Å². The number of carbonyl (C=O) groups excluding carboxylic acids is 1. The average Bonchev–Trinajstić information content (AvgIpc) is 3.75. The summed E-state index contributed by atoms with van der Waals surface area (Å²) >= 11 is 3.16. The van der Waals surface area contributed by atoms with Gasteiger partial charge in [0.05, 0.1) is 12.7 Å². The summed E-state index contributed by atoms with van der Waals surface area (Å²) in [5.41, 5.74) is 4.70. The molecule has 0 bridgehead atoms. The Morgan fingerprint density at radius 1 is 0.579 bits per heavy atom. The van der Waals surface area contributed by atoms with Gasteiger partial charge in [-0.2, -0.15) is 5.10 Å². The Hall–Kier alpha value is 14.6. The van der Waals surface area contributed by atoms with Gasteiger partial charge in [0.15, 0.2) is 23.7 Å². The van der Waals surface area contributed by atoms with Crippen molar-refractivity contribution in [1.29, 1.82) is 5.41 Å². The van der Waals surface area contributed by atoms with Crippen LogP contribution in [0.2, 0.25) is 0 Å². The van der Waals surface area contributed by atoms with Crippen molar-refractivity contribution in [3.63, 3.8) is 0 Å². The molecule has 0 saturated heterocycles. The molecule has 76 heavy (non-hydrogen) atoms. The summed E-state index contributed by atoms with van der Waals surface area (Å²) in [6.45, 7) is -2.19. The molecule has 23 unspecified atom stereocenters. The summed E-state index contributed by atoms with van der Waals surface area (Å²) in [6.07, 6.45) is 3.88. The number of benzene rings is 2. The van der Waals surface area contributed by atoms with Gasteiger partial charge in [0.25, 0.3) is 0 Å². The van der Waals surface area contributed by atoms with Crippen LogP contribution in [0.1, 0.15) is 15.9 Å². The maximum absolute atomic E-state index is 13.1. The lowest BCUT2D eigenvalue weighted by atomic mass is 9.80. The molecule has 6 N–H and O–H groups in total. The first kappa shape index (κ1) is 90.6. The molecule has 0 aliphatic rings. The van der Waals surface area contributed by atoms with Crippen molar-refractivity contribution in [3.05, 3.63) is 81.6 Å². The summed E-state index contributed by atoms with van der Waals surface area (Å²) in [7, 11) is 74.2. The van der Waals surface area contributed by atoms with Crippen LogP contribution in [0.15, 0.2) is 47.2 Å². The molecular formula is C20H62BBrF4N4O4P42. The van der Waals surface area contributed by atoms with Crippen molar-refractivity contribution < 1.29 is 37.1 Å². The van der Waals surface area contributed by atoms with Crippen LogP contribution in [-0.4, -0.2) is 47.0 Å². The third-order valence-electron chi connectivity index (χ3n) is 7.33. The Morgan fingerprint density at radius 3 is 1.09 bits per heavy atom. The minimum atomic E-state index is -1.89. The van der Waals surface area contributed by atoms with Gasteiger partial charge in [0, 0.05) is 23.7 Å². The quantitative estimate of drug-likeness (QED) is 0.0199. The predicted octanol–water partition coefficient (Wildman–Crippen LogP) is 26.9. The average molecular weight is 1890 g/mol. The van der Waals surface area contributed by atoms with Crippen molar-refractivity contribution in [2.24, 2.45) is 5.73 Å². The highest BCUT2D eigenvalue weighted by Crippen LogP contribution is 3.43. The largest absolute Gasteiger partial charge is 0.491 e. The molecule has 0 fully saturated rings. The number of nitrogens with zero attached hydrogens (tertiary/aromatic N) is 1. The van der Waals surface area contributed by atoms with Crippen LogP contribution in [0.25, 0.3) is 5.70 Å². The van der Waals surface area contributed by atoms with Gasteiger partial charge in [-0.3, -0.25) is 9.89 Å². The van der Waals surface area contributed by atoms with E-state index < -0.39 is 41.7 Å². The highest BCUT2D eigenvalue weighted by Gasteiger charge is 2.56. The molecule has 1 aromatic heterocycles. The monoisotopic (exact) mass is 1890 g/mol. The fourth-order valence-corrected chi connectivity index (χ4v) is 591. The molecule has 3 rings (SSSR count). The summed E-state index contributed by atoms with van der Waals surface area (Å²) in [5.74, 6) is -4.41. The van der Waals surface area contributed by atoms with Crippen LogP contribution in [0.3, 0.4) is 0 Å². The number of allylic oxidation sites excluding steroid dienone is 1. The van der Waals surface area contributed by atoms with Crippen LogP contribution < -0.4 is 15.9 Å². The Labute approximate surface area is 529 Å². The second-order valence-corrected chi connectivity index (χ2v) is 185. The minimum Gasteiger partial charge on any atom is -0.491 e. The molecule has 1 heterocycles. The molecule has 23 atom stereocenters. The van der Waals surface area contributed by atoms with Gasteiger partial charge >= 0.3 is 7.12 Å². The third-order valence-corrected chi connectivity index (χ3v) is 292. The van der Waals surface area contributed by atoms with E-state index in [9.17, 15) is 22.4 Å². The highest BCUT2D eigenvalue weighted by molar-refractivity contribution is 9.49. The zero-order chi connectivity index (χ0) is 59.4. The molecule has 0 aliphatic carbocycles. The van der Waals surface area contributed by atoms with E-state index in [1.165, 1.54) is 6.08 Å². The van der Waals surface area contributed by atoms with Crippen LogP contribution in [-0.2, 0) is 0 Å². The van der Waals surface area contributed by atoms with Crippen LogP contribution in [0, 0.1) is 28.7 Å². The molecule has 0 amide bonds. The molecule has 56 heteroatoms. The van der Waals surface area contributed by atoms with E-state index in [2.05, 4.69) is 227 Å². The number of ether oxygens (including phenoxy) is 1. The number of hydrogen-bond acceptors (Lipinski definition) is 7. The number of nitrogens with two attached hydrogens (primary N) is 1. The van der Waals surface area contributed by atoms with E-state index in [-0.39, 0.29) is 163 Å². The molecule has 3 aromatic rings. The maximum atomic E-state index is 13.1. The van der Waals surface area contributed by atoms with Crippen molar-refractivity contribution in [2.45, 2.75) is 0 Å². The number of carbonyl (C=O) groups is 1. The molecular weight excluding hydrogens is 1830 g/mol. The number of halogens is 5. The normalized spacial score (nSPS) is 12.9. The maximum Gasteiger partial charge on any atom is 0.488 e. The topological polar surface area (TPSA) is 145 Å². The molecule has 0 saturated carbocycles. The van der Waals surface area contributed by atoms with E-state index in [1.807, 2.05) is 6.07 Å². The minimum absolute atomic E-state index is 0.0542. The van der Waals surface area contributed by atoms with Crippen molar-refractivity contribution in [2.75, 3.05) is 7.11 Å². The number of aldehydes is 1. The molecule has 0 radical (unpaired) electrons. The lowest BCUT2D eigenvalue weighted by Gasteiger charge is -2.56. The zero-order valence-electron chi connectivity index (χ0n) is 39.0. The highest BCUT2D eigenvalue weighted by atomic mass is 79.9. The van der Waals surface area contributed by atoms with Gasteiger partial charge in [0.2, 0.25) is 0 Å². The molecule has 2 aromatic carbocycles. The van der Waals surface area contributed by atoms with Crippen LogP contribution >= 0.6 is 352 Å². The number of rotatable bonds is 24. The number of H-pyrrole nitrogens is 1. The van der Waals surface area contributed by atoms with E-state index >= 15 is 0 Å².